The van der Waals surface area contributed by atoms with Gasteiger partial charge in [0.2, 0.25) is 0 Å². The number of rotatable bonds is 3. The van der Waals surface area contributed by atoms with E-state index in [2.05, 4.69) is 10.4 Å². The number of nitriles is 1. The van der Waals surface area contributed by atoms with Gasteiger partial charge in [0.1, 0.15) is 11.7 Å². The summed E-state index contributed by atoms with van der Waals surface area (Å²) in [4.78, 5) is 25.7. The van der Waals surface area contributed by atoms with Gasteiger partial charge in [-0.25, -0.2) is 4.79 Å². The molecule has 1 unspecified atom stereocenters. The molecule has 0 bridgehead atoms. The van der Waals surface area contributed by atoms with E-state index in [9.17, 15) is 22.8 Å². The minimum Gasteiger partial charge on any atom is -0.351 e. The van der Waals surface area contributed by atoms with E-state index in [4.69, 9.17) is 34.2 Å². The number of alkyl halides is 3. The van der Waals surface area contributed by atoms with Crippen molar-refractivity contribution in [2.24, 2.45) is 5.73 Å². The number of aromatic nitrogens is 2. The van der Waals surface area contributed by atoms with Crippen LogP contribution in [-0.4, -0.2) is 38.8 Å². The average Bonchev–Trinajstić information content (AvgIpc) is 3.18. The fourth-order valence-electron chi connectivity index (χ4n) is 3.76. The van der Waals surface area contributed by atoms with Crippen molar-refractivity contribution >= 4 is 40.8 Å². The van der Waals surface area contributed by atoms with Crippen molar-refractivity contribution in [3.63, 3.8) is 0 Å². The first-order chi connectivity index (χ1) is 16.5. The molecule has 8 nitrogen and oxygen atoms in total. The number of nitrogens with two attached hydrogens (primary N) is 1. The maximum Gasteiger partial charge on any atom is 0.410 e. The fourth-order valence-corrected chi connectivity index (χ4v) is 4.06. The normalized spacial score (nSPS) is 15.3. The van der Waals surface area contributed by atoms with Crippen molar-refractivity contribution in [3.05, 3.63) is 69.3 Å². The second-order valence-electron chi connectivity index (χ2n) is 7.65. The van der Waals surface area contributed by atoms with Crippen molar-refractivity contribution in [1.29, 1.82) is 5.26 Å². The SMILES string of the molecule is N#Cc1ccc(NC(=O)c2c(-c3ccc(Cl)c(Cl)c3)nn3c2CN(C(N)=O)C(C(F)(F)F)C3)cc1. The van der Waals surface area contributed by atoms with Crippen molar-refractivity contribution < 1.29 is 22.8 Å². The third-order valence-corrected chi connectivity index (χ3v) is 6.19. The number of nitrogens with one attached hydrogen (secondary N) is 1. The number of amides is 3. The van der Waals surface area contributed by atoms with Crippen molar-refractivity contribution in [1.82, 2.24) is 14.7 Å². The molecule has 0 spiro atoms. The van der Waals surface area contributed by atoms with E-state index in [1.54, 1.807) is 0 Å². The molecule has 0 radical (unpaired) electrons. The van der Waals surface area contributed by atoms with E-state index in [1.165, 1.54) is 42.5 Å². The van der Waals surface area contributed by atoms with Crippen LogP contribution >= 0.6 is 23.2 Å². The number of benzene rings is 2. The third-order valence-electron chi connectivity index (χ3n) is 5.45. The number of carbonyl (C=O) groups excluding carboxylic acids is 2. The van der Waals surface area contributed by atoms with Gasteiger partial charge in [0.05, 0.1) is 46.0 Å². The molecule has 3 N–H and O–H groups in total. The molecule has 2 heterocycles. The summed E-state index contributed by atoms with van der Waals surface area (Å²) in [5, 5.41) is 16.3. The molecule has 1 atom stereocenters. The molecule has 1 aliphatic heterocycles. The van der Waals surface area contributed by atoms with Gasteiger partial charge in [0, 0.05) is 11.3 Å². The maximum atomic E-state index is 13.7. The molecular weight excluding hydrogens is 508 g/mol. The number of nitrogens with zero attached hydrogens (tertiary/aromatic N) is 4. The Bertz CT molecular complexity index is 1370. The summed E-state index contributed by atoms with van der Waals surface area (Å²) in [7, 11) is 0. The lowest BCUT2D eigenvalue weighted by Gasteiger charge is -2.36. The summed E-state index contributed by atoms with van der Waals surface area (Å²) in [6.45, 7) is -1.34. The van der Waals surface area contributed by atoms with Crippen LogP contribution < -0.4 is 11.1 Å². The van der Waals surface area contributed by atoms with Crippen molar-refractivity contribution in [3.8, 4) is 17.3 Å². The predicted octanol–water partition coefficient (Wildman–Crippen LogP) is 4.81. The summed E-state index contributed by atoms with van der Waals surface area (Å²) >= 11 is 12.1. The highest BCUT2D eigenvalue weighted by molar-refractivity contribution is 6.42. The topological polar surface area (TPSA) is 117 Å². The molecule has 0 fully saturated rings. The zero-order valence-corrected chi connectivity index (χ0v) is 19.1. The van der Waals surface area contributed by atoms with Crippen molar-refractivity contribution in [2.45, 2.75) is 25.3 Å². The Morgan fingerprint density at radius 3 is 2.40 bits per heavy atom. The lowest BCUT2D eigenvalue weighted by molar-refractivity contribution is -0.184. The number of anilines is 1. The minimum atomic E-state index is -4.77. The van der Waals surface area contributed by atoms with E-state index >= 15 is 0 Å². The maximum absolute atomic E-state index is 13.7. The van der Waals surface area contributed by atoms with Gasteiger partial charge in [-0.2, -0.15) is 23.5 Å². The molecule has 1 aromatic heterocycles. The Balaban J connectivity index is 1.84. The van der Waals surface area contributed by atoms with Gasteiger partial charge in [0.15, 0.2) is 0 Å². The number of halogens is 5. The Hall–Kier alpha value is -3.75. The molecule has 4 rings (SSSR count). The molecule has 0 aliphatic carbocycles. The summed E-state index contributed by atoms with van der Waals surface area (Å²) in [6.07, 6.45) is -4.77. The molecular formula is C22H15Cl2F3N6O2. The number of fused-ring (bicyclic) bond motifs is 1. The summed E-state index contributed by atoms with van der Waals surface area (Å²) in [5.74, 6) is -0.688. The standard InChI is InChI=1S/C22H15Cl2F3N6O2/c23-14-6-3-12(7-15(14)24)19-18(20(34)30-13-4-1-11(8-28)2-5-13)16-9-32(21(29)35)17(22(25,26)27)10-33(16)31-19/h1-7,17H,9-10H2,(H2,29,35)(H,30,34). The van der Waals surface area contributed by atoms with Crippen LogP contribution in [0.25, 0.3) is 11.3 Å². The van der Waals surface area contributed by atoms with Gasteiger partial charge < -0.3 is 16.0 Å². The van der Waals surface area contributed by atoms with Crippen LogP contribution in [0, 0.1) is 11.3 Å². The molecule has 1 aliphatic rings. The number of urea groups is 1. The first-order valence-electron chi connectivity index (χ1n) is 9.99. The number of hydrogen-bond donors (Lipinski definition) is 2. The van der Waals surface area contributed by atoms with Gasteiger partial charge in [-0.05, 0) is 36.4 Å². The third kappa shape index (κ3) is 4.76. The Morgan fingerprint density at radius 1 is 1.14 bits per heavy atom. The fraction of sp³-hybridized carbons (Fsp3) is 0.182. The molecule has 35 heavy (non-hydrogen) atoms. The van der Waals surface area contributed by atoms with E-state index in [0.717, 1.165) is 4.68 Å². The van der Waals surface area contributed by atoms with Crippen LogP contribution in [-0.2, 0) is 13.1 Å². The van der Waals surface area contributed by atoms with Gasteiger partial charge in [0.25, 0.3) is 5.91 Å². The number of primary amides is 1. The molecule has 2 aromatic carbocycles. The monoisotopic (exact) mass is 522 g/mol. The zero-order chi connectivity index (χ0) is 25.5. The second kappa shape index (κ2) is 9.13. The highest BCUT2D eigenvalue weighted by Gasteiger charge is 2.49. The highest BCUT2D eigenvalue weighted by atomic mass is 35.5. The van der Waals surface area contributed by atoms with Crippen LogP contribution in [0.3, 0.4) is 0 Å². The van der Waals surface area contributed by atoms with E-state index < -0.39 is 37.2 Å². The number of hydrogen-bond acceptors (Lipinski definition) is 4. The lowest BCUT2D eigenvalue weighted by Crippen LogP contribution is -2.55. The first-order valence-corrected chi connectivity index (χ1v) is 10.7. The van der Waals surface area contributed by atoms with Crippen LogP contribution in [0.1, 0.15) is 21.6 Å². The first kappa shape index (κ1) is 24.4. The molecule has 0 saturated carbocycles. The number of carbonyl (C=O) groups is 2. The van der Waals surface area contributed by atoms with Crippen molar-refractivity contribution in [2.75, 3.05) is 5.32 Å². The second-order valence-corrected chi connectivity index (χ2v) is 8.46. The van der Waals surface area contributed by atoms with Gasteiger partial charge in [-0.1, -0.05) is 29.3 Å². The van der Waals surface area contributed by atoms with E-state index in [-0.39, 0.29) is 27.0 Å². The molecule has 3 aromatic rings. The summed E-state index contributed by atoms with van der Waals surface area (Å²) in [5.41, 5.74) is 6.35. The van der Waals surface area contributed by atoms with Crippen LogP contribution in [0.4, 0.5) is 23.7 Å². The molecule has 13 heteroatoms. The highest BCUT2D eigenvalue weighted by Crippen LogP contribution is 2.36. The Morgan fingerprint density at radius 2 is 1.83 bits per heavy atom. The van der Waals surface area contributed by atoms with E-state index in [1.807, 2.05) is 6.07 Å². The molecule has 0 saturated heterocycles. The lowest BCUT2D eigenvalue weighted by atomic mass is 10.0. The van der Waals surface area contributed by atoms with Crippen LogP contribution in [0.5, 0.6) is 0 Å². The molecule has 3 amide bonds. The van der Waals surface area contributed by atoms with Gasteiger partial charge in [-0.15, -0.1) is 0 Å². The summed E-state index contributed by atoms with van der Waals surface area (Å²) in [6, 6.07) is 8.86. The van der Waals surface area contributed by atoms with Crippen LogP contribution in [0.15, 0.2) is 42.5 Å². The largest absolute Gasteiger partial charge is 0.410 e. The smallest absolute Gasteiger partial charge is 0.351 e. The predicted molar refractivity (Wildman–Crippen MR) is 122 cm³/mol. The van der Waals surface area contributed by atoms with Gasteiger partial charge in [-0.3, -0.25) is 9.48 Å². The Kier molecular flexibility index (Phi) is 6.36. The molecule has 180 valence electrons. The average molecular weight is 523 g/mol. The Labute approximate surface area is 206 Å². The van der Waals surface area contributed by atoms with Gasteiger partial charge >= 0.3 is 12.2 Å². The minimum absolute atomic E-state index is 0.0527. The van der Waals surface area contributed by atoms with E-state index in [0.29, 0.717) is 21.7 Å². The van der Waals surface area contributed by atoms with Crippen LogP contribution in [0.2, 0.25) is 10.0 Å². The zero-order valence-electron chi connectivity index (χ0n) is 17.6. The summed E-state index contributed by atoms with van der Waals surface area (Å²) < 4.78 is 42.0. The quantitative estimate of drug-likeness (QED) is 0.513.